The van der Waals surface area contributed by atoms with Crippen LogP contribution >= 0.6 is 0 Å². The Balaban J connectivity index is 1.37. The molecular weight excluding hydrogens is 428 g/mol. The van der Waals surface area contributed by atoms with Gasteiger partial charge in [0.25, 0.3) is 5.56 Å². The second-order valence-electron chi connectivity index (χ2n) is 8.22. The number of hydrogen-bond acceptors (Lipinski definition) is 7. The van der Waals surface area contributed by atoms with Gasteiger partial charge in [-0.15, -0.1) is 0 Å². The standard InChI is InChI=1S/C26H26N6O2/c1-30(24-5-3-4-12-28-24)21-8-6-20(7-9-21)23-18-32(15-16-34-23)26-29-22(17-25(33)31(26)2)19-10-13-27-14-11-19/h3-14,17,23H,15-16,18H2,1-2H3. The van der Waals surface area contributed by atoms with Crippen molar-refractivity contribution in [3.63, 3.8) is 0 Å². The predicted octanol–water partition coefficient (Wildman–Crippen LogP) is 3.58. The topological polar surface area (TPSA) is 76.4 Å². The molecule has 5 rings (SSSR count). The van der Waals surface area contributed by atoms with Gasteiger partial charge in [0.2, 0.25) is 5.95 Å². The van der Waals surface area contributed by atoms with Gasteiger partial charge in [0.05, 0.1) is 18.8 Å². The number of rotatable bonds is 5. The summed E-state index contributed by atoms with van der Waals surface area (Å²) in [6.07, 6.45) is 5.07. The van der Waals surface area contributed by atoms with Crippen molar-refractivity contribution in [3.8, 4) is 11.3 Å². The van der Waals surface area contributed by atoms with Gasteiger partial charge in [0.15, 0.2) is 0 Å². The summed E-state index contributed by atoms with van der Waals surface area (Å²) in [6, 6.07) is 19.5. The van der Waals surface area contributed by atoms with Gasteiger partial charge in [0.1, 0.15) is 11.9 Å². The van der Waals surface area contributed by atoms with E-state index in [1.165, 1.54) is 0 Å². The van der Waals surface area contributed by atoms with Crippen LogP contribution in [0.4, 0.5) is 17.5 Å². The fourth-order valence-corrected chi connectivity index (χ4v) is 4.11. The first-order chi connectivity index (χ1) is 16.6. The summed E-state index contributed by atoms with van der Waals surface area (Å²) in [4.78, 5) is 30.1. The molecule has 1 saturated heterocycles. The van der Waals surface area contributed by atoms with Crippen molar-refractivity contribution in [1.29, 1.82) is 0 Å². The molecule has 34 heavy (non-hydrogen) atoms. The number of pyridine rings is 2. The van der Waals surface area contributed by atoms with E-state index in [-0.39, 0.29) is 11.7 Å². The van der Waals surface area contributed by atoms with Crippen LogP contribution in [0.2, 0.25) is 0 Å². The second-order valence-corrected chi connectivity index (χ2v) is 8.22. The molecule has 0 amide bonds. The molecule has 1 atom stereocenters. The van der Waals surface area contributed by atoms with Gasteiger partial charge < -0.3 is 14.5 Å². The molecule has 1 aromatic carbocycles. The summed E-state index contributed by atoms with van der Waals surface area (Å²) < 4.78 is 7.69. The van der Waals surface area contributed by atoms with Crippen molar-refractivity contribution in [1.82, 2.24) is 19.5 Å². The van der Waals surface area contributed by atoms with Crippen LogP contribution in [0.5, 0.6) is 0 Å². The average molecular weight is 455 g/mol. The number of anilines is 3. The third kappa shape index (κ3) is 4.40. The molecule has 8 heteroatoms. The van der Waals surface area contributed by atoms with Crippen LogP contribution in [0.3, 0.4) is 0 Å². The van der Waals surface area contributed by atoms with E-state index in [1.807, 2.05) is 42.3 Å². The summed E-state index contributed by atoms with van der Waals surface area (Å²) >= 11 is 0. The lowest BCUT2D eigenvalue weighted by Gasteiger charge is -2.34. The normalized spacial score (nSPS) is 15.8. The quantitative estimate of drug-likeness (QED) is 0.456. The van der Waals surface area contributed by atoms with Crippen LogP contribution in [0, 0.1) is 0 Å². The van der Waals surface area contributed by atoms with Gasteiger partial charge in [-0.3, -0.25) is 14.3 Å². The van der Waals surface area contributed by atoms with Crippen LogP contribution in [-0.4, -0.2) is 46.3 Å². The third-order valence-corrected chi connectivity index (χ3v) is 6.08. The van der Waals surface area contributed by atoms with Gasteiger partial charge in [-0.1, -0.05) is 18.2 Å². The molecule has 1 fully saturated rings. The number of hydrogen-bond donors (Lipinski definition) is 0. The zero-order valence-electron chi connectivity index (χ0n) is 19.2. The maximum atomic E-state index is 12.7. The monoisotopic (exact) mass is 454 g/mol. The van der Waals surface area contributed by atoms with Crippen molar-refractivity contribution < 1.29 is 4.74 Å². The highest BCUT2D eigenvalue weighted by atomic mass is 16.5. The molecule has 3 aromatic heterocycles. The van der Waals surface area contributed by atoms with Crippen LogP contribution in [0.1, 0.15) is 11.7 Å². The molecule has 0 saturated carbocycles. The van der Waals surface area contributed by atoms with Crippen molar-refractivity contribution in [3.05, 3.63) is 95.2 Å². The van der Waals surface area contributed by atoms with Crippen molar-refractivity contribution >= 4 is 17.5 Å². The molecular formula is C26H26N6O2. The Bertz CT molecular complexity index is 1310. The maximum Gasteiger partial charge on any atom is 0.255 e. The van der Waals surface area contributed by atoms with Crippen molar-refractivity contribution in [2.24, 2.45) is 7.05 Å². The Labute approximate surface area is 198 Å². The van der Waals surface area contributed by atoms with Crippen LogP contribution in [-0.2, 0) is 11.8 Å². The minimum atomic E-state index is -0.121. The van der Waals surface area contributed by atoms with E-state index in [1.54, 1.807) is 36.3 Å². The maximum absolute atomic E-state index is 12.7. The predicted molar refractivity (Wildman–Crippen MR) is 132 cm³/mol. The van der Waals surface area contributed by atoms with Gasteiger partial charge >= 0.3 is 0 Å². The first kappa shape index (κ1) is 21.8. The van der Waals surface area contributed by atoms with Gasteiger partial charge in [-0.25, -0.2) is 9.97 Å². The molecule has 0 N–H and O–H groups in total. The smallest absolute Gasteiger partial charge is 0.255 e. The van der Waals surface area contributed by atoms with Crippen LogP contribution < -0.4 is 15.4 Å². The highest BCUT2D eigenvalue weighted by Crippen LogP contribution is 2.28. The Kier molecular flexibility index (Phi) is 6.05. The lowest BCUT2D eigenvalue weighted by molar-refractivity contribution is 0.0390. The Hall–Kier alpha value is -4.04. The van der Waals surface area contributed by atoms with E-state index in [4.69, 9.17) is 9.72 Å². The molecule has 0 bridgehead atoms. The molecule has 1 aliphatic heterocycles. The van der Waals surface area contributed by atoms with Crippen molar-refractivity contribution in [2.75, 3.05) is 36.5 Å². The zero-order valence-corrected chi connectivity index (χ0v) is 19.2. The summed E-state index contributed by atoms with van der Waals surface area (Å²) in [5.74, 6) is 1.52. The lowest BCUT2D eigenvalue weighted by atomic mass is 10.1. The Morgan fingerprint density at radius 1 is 1.03 bits per heavy atom. The first-order valence-corrected chi connectivity index (χ1v) is 11.2. The van der Waals surface area contributed by atoms with E-state index in [0.29, 0.717) is 31.3 Å². The Morgan fingerprint density at radius 2 is 1.82 bits per heavy atom. The number of aromatic nitrogens is 4. The zero-order chi connectivity index (χ0) is 23.5. The number of nitrogens with zero attached hydrogens (tertiary/aromatic N) is 6. The molecule has 4 heterocycles. The third-order valence-electron chi connectivity index (χ3n) is 6.08. The first-order valence-electron chi connectivity index (χ1n) is 11.2. The molecule has 4 aromatic rings. The van der Waals surface area contributed by atoms with E-state index < -0.39 is 0 Å². The molecule has 172 valence electrons. The largest absolute Gasteiger partial charge is 0.370 e. The van der Waals surface area contributed by atoms with E-state index in [2.05, 4.69) is 39.1 Å². The van der Waals surface area contributed by atoms with Gasteiger partial charge in [-0.05, 0) is 42.0 Å². The average Bonchev–Trinajstić information content (AvgIpc) is 2.91. The fraction of sp³-hybridized carbons (Fsp3) is 0.231. The highest BCUT2D eigenvalue weighted by molar-refractivity contribution is 5.60. The molecule has 1 unspecified atom stereocenters. The SMILES string of the molecule is CN(c1ccc(C2CN(c3nc(-c4ccncc4)cc(=O)n3C)CCO2)cc1)c1ccccn1. The number of benzene rings is 1. The minimum absolute atomic E-state index is 0.0956. The molecule has 0 radical (unpaired) electrons. The lowest BCUT2D eigenvalue weighted by Crippen LogP contribution is -2.41. The summed E-state index contributed by atoms with van der Waals surface area (Å²) in [5, 5.41) is 0. The molecule has 1 aliphatic rings. The van der Waals surface area contributed by atoms with E-state index >= 15 is 0 Å². The second kappa shape index (κ2) is 9.44. The van der Waals surface area contributed by atoms with Gasteiger partial charge in [0, 0.05) is 56.5 Å². The number of morpholine rings is 1. The summed E-state index contributed by atoms with van der Waals surface area (Å²) in [5.41, 5.74) is 3.54. The molecule has 8 nitrogen and oxygen atoms in total. The van der Waals surface area contributed by atoms with Crippen LogP contribution in [0.25, 0.3) is 11.3 Å². The molecule has 0 aliphatic carbocycles. The Morgan fingerprint density at radius 3 is 2.56 bits per heavy atom. The fourth-order valence-electron chi connectivity index (χ4n) is 4.11. The highest BCUT2D eigenvalue weighted by Gasteiger charge is 2.25. The van der Waals surface area contributed by atoms with Crippen LogP contribution in [0.15, 0.2) is 84.0 Å². The van der Waals surface area contributed by atoms with Crippen molar-refractivity contribution in [2.45, 2.75) is 6.10 Å². The minimum Gasteiger partial charge on any atom is -0.370 e. The summed E-state index contributed by atoms with van der Waals surface area (Å²) in [6.45, 7) is 1.82. The van der Waals surface area contributed by atoms with E-state index in [0.717, 1.165) is 22.6 Å². The summed E-state index contributed by atoms with van der Waals surface area (Å²) in [7, 11) is 3.76. The molecule has 0 spiro atoms. The van der Waals surface area contributed by atoms with Gasteiger partial charge in [-0.2, -0.15) is 0 Å². The van der Waals surface area contributed by atoms with E-state index in [9.17, 15) is 4.79 Å². The number of ether oxygens (including phenoxy) is 1.